The van der Waals surface area contributed by atoms with Crippen LogP contribution in [-0.2, 0) is 26.1 Å². The van der Waals surface area contributed by atoms with E-state index in [1.54, 1.807) is 19.2 Å². The number of hydrogen-bond donors (Lipinski definition) is 1. The van der Waals surface area contributed by atoms with Crippen molar-refractivity contribution in [1.29, 1.82) is 0 Å². The molecule has 1 aliphatic heterocycles. The van der Waals surface area contributed by atoms with E-state index in [1.807, 2.05) is 13.8 Å². The molecule has 0 saturated carbocycles. The number of nitrogens with one attached hydrogen (secondary N) is 1. The molecule has 1 heterocycles. The summed E-state index contributed by atoms with van der Waals surface area (Å²) in [5.74, 6) is -1.42. The lowest BCUT2D eigenvalue weighted by Crippen LogP contribution is -2.50. The van der Waals surface area contributed by atoms with Crippen LogP contribution in [0.2, 0.25) is 0 Å². The lowest BCUT2D eigenvalue weighted by molar-refractivity contribution is -0.133. The van der Waals surface area contributed by atoms with Crippen molar-refractivity contribution < 1.29 is 27.1 Å². The molecule has 8 nitrogen and oxygen atoms in total. The molecule has 0 bridgehead atoms. The Bertz CT molecular complexity index is 1120. The number of morpholine rings is 1. The summed E-state index contributed by atoms with van der Waals surface area (Å²) < 4.78 is 45.6. The zero-order chi connectivity index (χ0) is 24.9. The smallest absolute Gasteiger partial charge is 0.251 e. The second-order valence-corrected chi connectivity index (χ2v) is 10.5. The van der Waals surface area contributed by atoms with Crippen molar-refractivity contribution in [2.45, 2.75) is 31.3 Å². The highest BCUT2D eigenvalue weighted by Gasteiger charge is 2.29. The van der Waals surface area contributed by atoms with Gasteiger partial charge in [0.1, 0.15) is 11.9 Å². The molecule has 2 aromatic rings. The first-order valence-corrected chi connectivity index (χ1v) is 12.5. The molecule has 3 rings (SSSR count). The number of ether oxygens (including phenoxy) is 1. The molecular weight excluding hydrogens is 461 g/mol. The second kappa shape index (κ2) is 11.1. The van der Waals surface area contributed by atoms with Crippen molar-refractivity contribution in [3.63, 3.8) is 0 Å². The normalized spacial score (nSPS) is 15.7. The minimum absolute atomic E-state index is 0.0166. The highest BCUT2D eigenvalue weighted by molar-refractivity contribution is 7.89. The van der Waals surface area contributed by atoms with Gasteiger partial charge in [-0.1, -0.05) is 32.0 Å². The van der Waals surface area contributed by atoms with Gasteiger partial charge in [-0.05, 0) is 41.8 Å². The maximum atomic E-state index is 13.2. The quantitative estimate of drug-likeness (QED) is 0.611. The van der Waals surface area contributed by atoms with Gasteiger partial charge in [0.25, 0.3) is 5.91 Å². The van der Waals surface area contributed by atoms with Crippen LogP contribution < -0.4 is 5.32 Å². The summed E-state index contributed by atoms with van der Waals surface area (Å²) in [6.45, 7) is 5.03. The van der Waals surface area contributed by atoms with Crippen molar-refractivity contribution in [3.8, 4) is 0 Å². The average Bonchev–Trinajstić information content (AvgIpc) is 2.83. The highest BCUT2D eigenvalue weighted by atomic mass is 32.2. The van der Waals surface area contributed by atoms with Crippen LogP contribution in [-0.4, -0.2) is 68.8 Å². The van der Waals surface area contributed by atoms with Gasteiger partial charge in [0, 0.05) is 32.2 Å². The molecule has 2 amide bonds. The molecule has 0 aliphatic carbocycles. The van der Waals surface area contributed by atoms with E-state index >= 15 is 0 Å². The third kappa shape index (κ3) is 6.19. The van der Waals surface area contributed by atoms with Crippen LogP contribution in [0, 0.1) is 11.7 Å². The van der Waals surface area contributed by atoms with E-state index in [0.717, 1.165) is 5.56 Å². The van der Waals surface area contributed by atoms with E-state index in [2.05, 4.69) is 5.32 Å². The maximum absolute atomic E-state index is 13.2. The zero-order valence-corrected chi connectivity index (χ0v) is 20.3. The second-order valence-electron chi connectivity index (χ2n) is 8.56. The van der Waals surface area contributed by atoms with Crippen molar-refractivity contribution in [2.75, 3.05) is 33.4 Å². The largest absolute Gasteiger partial charge is 0.379 e. The SMILES string of the molecule is CC(C)[C@H](NC(=O)c1cccc(S(=O)(=O)N2CCOCC2)c1)C(=O)N(C)Cc1ccc(F)cc1. The molecule has 1 atom stereocenters. The molecular formula is C24H30FN3O5S. The topological polar surface area (TPSA) is 96.0 Å². The predicted molar refractivity (Wildman–Crippen MR) is 125 cm³/mol. The van der Waals surface area contributed by atoms with Crippen LogP contribution in [0.5, 0.6) is 0 Å². The molecule has 0 unspecified atom stereocenters. The van der Waals surface area contributed by atoms with Crippen LogP contribution in [0.1, 0.15) is 29.8 Å². The first-order valence-electron chi connectivity index (χ1n) is 11.1. The molecule has 2 aromatic carbocycles. The monoisotopic (exact) mass is 491 g/mol. The summed E-state index contributed by atoms with van der Waals surface area (Å²) in [5, 5.41) is 2.75. The molecule has 0 aromatic heterocycles. The molecule has 10 heteroatoms. The van der Waals surface area contributed by atoms with Crippen LogP contribution in [0.4, 0.5) is 4.39 Å². The van der Waals surface area contributed by atoms with Gasteiger partial charge in [-0.15, -0.1) is 0 Å². The molecule has 0 radical (unpaired) electrons. The summed E-state index contributed by atoms with van der Waals surface area (Å²) in [5.41, 5.74) is 0.904. The first kappa shape index (κ1) is 25.8. The zero-order valence-electron chi connectivity index (χ0n) is 19.5. The summed E-state index contributed by atoms with van der Waals surface area (Å²) >= 11 is 0. The van der Waals surface area contributed by atoms with Crippen LogP contribution in [0.25, 0.3) is 0 Å². The Kier molecular flexibility index (Phi) is 8.40. The van der Waals surface area contributed by atoms with Crippen molar-refractivity contribution in [3.05, 3.63) is 65.5 Å². The first-order chi connectivity index (χ1) is 16.1. The molecule has 0 spiro atoms. The lowest BCUT2D eigenvalue weighted by atomic mass is 10.0. The minimum Gasteiger partial charge on any atom is -0.379 e. The van der Waals surface area contributed by atoms with Gasteiger partial charge < -0.3 is 15.0 Å². The van der Waals surface area contributed by atoms with Crippen molar-refractivity contribution in [2.24, 2.45) is 5.92 Å². The molecule has 34 heavy (non-hydrogen) atoms. The standard InChI is InChI=1S/C24H30FN3O5S/c1-17(2)22(24(30)27(3)16-18-7-9-20(25)10-8-18)26-23(29)19-5-4-6-21(15-19)34(31,32)28-11-13-33-14-12-28/h4-10,15,17,22H,11-14,16H2,1-3H3,(H,26,29)/t22-/m0/s1. The number of rotatable bonds is 8. The minimum atomic E-state index is -3.76. The van der Waals surface area contributed by atoms with E-state index in [9.17, 15) is 22.4 Å². The number of benzene rings is 2. The van der Waals surface area contributed by atoms with Gasteiger partial charge in [-0.25, -0.2) is 12.8 Å². The average molecular weight is 492 g/mol. The molecule has 184 valence electrons. The number of carbonyl (C=O) groups is 2. The lowest BCUT2D eigenvalue weighted by Gasteiger charge is -2.27. The van der Waals surface area contributed by atoms with Crippen molar-refractivity contribution in [1.82, 2.24) is 14.5 Å². The van der Waals surface area contributed by atoms with E-state index in [1.165, 1.54) is 45.6 Å². The maximum Gasteiger partial charge on any atom is 0.251 e. The van der Waals surface area contributed by atoms with Crippen LogP contribution in [0.3, 0.4) is 0 Å². The third-order valence-corrected chi connectivity index (χ3v) is 7.53. The Morgan fingerprint density at radius 1 is 1.12 bits per heavy atom. The number of likely N-dealkylation sites (N-methyl/N-ethyl adjacent to an activating group) is 1. The number of halogens is 1. The van der Waals surface area contributed by atoms with Crippen molar-refractivity contribution >= 4 is 21.8 Å². The Hall–Kier alpha value is -2.82. The summed E-state index contributed by atoms with van der Waals surface area (Å²) in [6, 6.07) is 10.8. The molecule has 1 N–H and O–H groups in total. The third-order valence-electron chi connectivity index (χ3n) is 5.63. The van der Waals surface area contributed by atoms with Crippen LogP contribution in [0.15, 0.2) is 53.4 Å². The van der Waals surface area contributed by atoms with Gasteiger partial charge >= 0.3 is 0 Å². The van der Waals surface area contributed by atoms with Gasteiger partial charge in [-0.3, -0.25) is 9.59 Å². The van der Waals surface area contributed by atoms with Gasteiger partial charge in [0.05, 0.1) is 18.1 Å². The van der Waals surface area contributed by atoms with Gasteiger partial charge in [0.15, 0.2) is 0 Å². The molecule has 1 saturated heterocycles. The number of hydrogen-bond acceptors (Lipinski definition) is 5. The number of sulfonamides is 1. The van der Waals surface area contributed by atoms with E-state index in [-0.39, 0.29) is 47.7 Å². The summed E-state index contributed by atoms with van der Waals surface area (Å²) in [4.78, 5) is 27.6. The van der Waals surface area contributed by atoms with E-state index in [4.69, 9.17) is 4.74 Å². The Morgan fingerprint density at radius 3 is 2.38 bits per heavy atom. The van der Waals surface area contributed by atoms with E-state index in [0.29, 0.717) is 13.2 Å². The predicted octanol–water partition coefficient (Wildman–Crippen LogP) is 2.26. The van der Waals surface area contributed by atoms with Gasteiger partial charge in [0.2, 0.25) is 15.9 Å². The fourth-order valence-corrected chi connectivity index (χ4v) is 5.11. The Morgan fingerprint density at radius 2 is 1.76 bits per heavy atom. The van der Waals surface area contributed by atoms with Gasteiger partial charge in [-0.2, -0.15) is 4.31 Å². The highest BCUT2D eigenvalue weighted by Crippen LogP contribution is 2.19. The fraction of sp³-hybridized carbons (Fsp3) is 0.417. The number of nitrogens with zero attached hydrogens (tertiary/aromatic N) is 2. The van der Waals surface area contributed by atoms with Crippen LogP contribution >= 0.6 is 0 Å². The number of amides is 2. The number of carbonyl (C=O) groups excluding carboxylic acids is 2. The van der Waals surface area contributed by atoms with E-state index < -0.39 is 22.0 Å². The molecule has 1 aliphatic rings. The summed E-state index contributed by atoms with van der Waals surface area (Å²) in [7, 11) is -2.14. The fourth-order valence-electron chi connectivity index (χ4n) is 3.65. The Labute approximate surface area is 199 Å². The summed E-state index contributed by atoms with van der Waals surface area (Å²) in [6.07, 6.45) is 0. The Balaban J connectivity index is 1.73. The molecule has 1 fully saturated rings.